The number of amides is 1. The van der Waals surface area contributed by atoms with Crippen molar-refractivity contribution < 1.29 is 4.79 Å². The van der Waals surface area contributed by atoms with E-state index in [-0.39, 0.29) is 5.92 Å². The van der Waals surface area contributed by atoms with Crippen LogP contribution in [0.4, 0.5) is 0 Å². The number of rotatable bonds is 3. The van der Waals surface area contributed by atoms with Crippen LogP contribution >= 0.6 is 0 Å². The Bertz CT molecular complexity index is 204. The average Bonchev–Trinajstić information content (AvgIpc) is 3.02. The molecule has 2 saturated carbocycles. The van der Waals surface area contributed by atoms with Crippen LogP contribution in [-0.2, 0) is 4.79 Å². The third-order valence-electron chi connectivity index (χ3n) is 3.69. The summed E-state index contributed by atoms with van der Waals surface area (Å²) in [6.45, 7) is 2.10. The molecule has 0 heterocycles. The van der Waals surface area contributed by atoms with Gasteiger partial charge in [-0.25, -0.2) is 0 Å². The summed E-state index contributed by atoms with van der Waals surface area (Å²) in [5, 5.41) is 3.11. The average molecular weight is 195 g/mol. The molecule has 1 N–H and O–H groups in total. The minimum absolute atomic E-state index is 0.246. The summed E-state index contributed by atoms with van der Waals surface area (Å²) in [4.78, 5) is 11.8. The van der Waals surface area contributed by atoms with Gasteiger partial charge in [-0.15, -0.1) is 0 Å². The number of hydrogen-bond acceptors (Lipinski definition) is 1. The van der Waals surface area contributed by atoms with Crippen LogP contribution in [0.2, 0.25) is 0 Å². The molecule has 1 amide bonds. The lowest BCUT2D eigenvalue weighted by Crippen LogP contribution is -2.35. The van der Waals surface area contributed by atoms with Crippen molar-refractivity contribution in [3.63, 3.8) is 0 Å². The highest BCUT2D eigenvalue weighted by atomic mass is 16.2. The Morgan fingerprint density at radius 2 is 1.79 bits per heavy atom. The first kappa shape index (κ1) is 10.0. The Kier molecular flexibility index (Phi) is 3.09. The molecule has 1 unspecified atom stereocenters. The van der Waals surface area contributed by atoms with Crippen molar-refractivity contribution in [2.45, 2.75) is 57.9 Å². The number of carbonyl (C=O) groups is 1. The van der Waals surface area contributed by atoms with Gasteiger partial charge in [-0.1, -0.05) is 26.2 Å². The molecule has 2 aliphatic carbocycles. The summed E-state index contributed by atoms with van der Waals surface area (Å²) >= 11 is 0. The van der Waals surface area contributed by atoms with E-state index in [1.54, 1.807) is 0 Å². The predicted molar refractivity (Wildman–Crippen MR) is 56.9 cm³/mol. The van der Waals surface area contributed by atoms with Crippen LogP contribution in [0.25, 0.3) is 0 Å². The van der Waals surface area contributed by atoms with Crippen LogP contribution in [0.3, 0.4) is 0 Å². The van der Waals surface area contributed by atoms with Crippen molar-refractivity contribution in [1.29, 1.82) is 0 Å². The van der Waals surface area contributed by atoms with Gasteiger partial charge in [0.15, 0.2) is 0 Å². The standard InChI is InChI=1S/C12H21NO/c1-9(10-5-3-2-4-6-10)12(14)13-11-7-8-11/h9-11H,2-8H2,1H3,(H,13,14). The predicted octanol–water partition coefficient (Wildman–Crippen LogP) is 2.48. The summed E-state index contributed by atoms with van der Waals surface area (Å²) < 4.78 is 0. The van der Waals surface area contributed by atoms with E-state index in [0.29, 0.717) is 17.9 Å². The van der Waals surface area contributed by atoms with Crippen molar-refractivity contribution >= 4 is 5.91 Å². The van der Waals surface area contributed by atoms with E-state index < -0.39 is 0 Å². The minimum Gasteiger partial charge on any atom is -0.353 e. The van der Waals surface area contributed by atoms with Gasteiger partial charge in [0.2, 0.25) is 5.91 Å². The van der Waals surface area contributed by atoms with Crippen molar-refractivity contribution in [2.75, 3.05) is 0 Å². The largest absolute Gasteiger partial charge is 0.353 e. The van der Waals surface area contributed by atoms with E-state index in [9.17, 15) is 4.79 Å². The smallest absolute Gasteiger partial charge is 0.223 e. The van der Waals surface area contributed by atoms with Gasteiger partial charge in [0, 0.05) is 12.0 Å². The third kappa shape index (κ3) is 2.49. The molecule has 2 fully saturated rings. The molecule has 2 nitrogen and oxygen atoms in total. The topological polar surface area (TPSA) is 29.1 Å². The highest BCUT2D eigenvalue weighted by Gasteiger charge is 2.29. The molecule has 0 aliphatic heterocycles. The van der Waals surface area contributed by atoms with Gasteiger partial charge in [0.1, 0.15) is 0 Å². The fourth-order valence-corrected chi connectivity index (χ4v) is 2.41. The highest BCUT2D eigenvalue weighted by Crippen LogP contribution is 2.30. The summed E-state index contributed by atoms with van der Waals surface area (Å²) in [5.41, 5.74) is 0. The number of hydrogen-bond donors (Lipinski definition) is 1. The van der Waals surface area contributed by atoms with E-state index in [1.807, 2.05) is 0 Å². The zero-order valence-electron chi connectivity index (χ0n) is 9.09. The summed E-state index contributed by atoms with van der Waals surface area (Å²) in [7, 11) is 0. The second kappa shape index (κ2) is 4.33. The second-order valence-electron chi connectivity index (χ2n) is 4.97. The highest BCUT2D eigenvalue weighted by molar-refractivity contribution is 5.79. The van der Waals surface area contributed by atoms with Crippen LogP contribution in [0, 0.1) is 11.8 Å². The maximum atomic E-state index is 11.8. The molecular weight excluding hydrogens is 174 g/mol. The number of nitrogens with one attached hydrogen (secondary N) is 1. The quantitative estimate of drug-likeness (QED) is 0.736. The minimum atomic E-state index is 0.246. The monoisotopic (exact) mass is 195 g/mol. The van der Waals surface area contributed by atoms with Crippen LogP contribution in [0.5, 0.6) is 0 Å². The lowest BCUT2D eigenvalue weighted by atomic mass is 9.80. The first-order chi connectivity index (χ1) is 6.77. The third-order valence-corrected chi connectivity index (χ3v) is 3.69. The Morgan fingerprint density at radius 1 is 1.14 bits per heavy atom. The molecule has 0 saturated heterocycles. The fraction of sp³-hybridized carbons (Fsp3) is 0.917. The van der Waals surface area contributed by atoms with Gasteiger partial charge < -0.3 is 5.32 Å². The Labute approximate surface area is 86.5 Å². The second-order valence-corrected chi connectivity index (χ2v) is 4.97. The van der Waals surface area contributed by atoms with Crippen molar-refractivity contribution in [1.82, 2.24) is 5.32 Å². The van der Waals surface area contributed by atoms with Gasteiger partial charge in [-0.3, -0.25) is 4.79 Å². The fourth-order valence-electron chi connectivity index (χ4n) is 2.41. The maximum absolute atomic E-state index is 11.8. The molecule has 0 aromatic rings. The molecule has 1 atom stereocenters. The van der Waals surface area contributed by atoms with Gasteiger partial charge in [0.25, 0.3) is 0 Å². The molecule has 2 rings (SSSR count). The molecule has 2 heteroatoms. The first-order valence-corrected chi connectivity index (χ1v) is 6.08. The molecule has 80 valence electrons. The van der Waals surface area contributed by atoms with Crippen molar-refractivity contribution in [3.05, 3.63) is 0 Å². The summed E-state index contributed by atoms with van der Waals surface area (Å²) in [6.07, 6.45) is 8.94. The Morgan fingerprint density at radius 3 is 2.36 bits per heavy atom. The summed E-state index contributed by atoms with van der Waals surface area (Å²) in [5.74, 6) is 1.21. The molecular formula is C12H21NO. The van der Waals surface area contributed by atoms with Crippen LogP contribution in [-0.4, -0.2) is 11.9 Å². The van der Waals surface area contributed by atoms with E-state index in [4.69, 9.17) is 0 Å². The van der Waals surface area contributed by atoms with E-state index >= 15 is 0 Å². The first-order valence-electron chi connectivity index (χ1n) is 6.08. The van der Waals surface area contributed by atoms with Crippen LogP contribution in [0.15, 0.2) is 0 Å². The van der Waals surface area contributed by atoms with Crippen LogP contribution < -0.4 is 5.32 Å². The van der Waals surface area contributed by atoms with E-state index in [2.05, 4.69) is 12.2 Å². The van der Waals surface area contributed by atoms with Crippen molar-refractivity contribution in [2.24, 2.45) is 11.8 Å². The summed E-state index contributed by atoms with van der Waals surface area (Å²) in [6, 6.07) is 0.522. The van der Waals surface area contributed by atoms with Crippen LogP contribution in [0.1, 0.15) is 51.9 Å². The van der Waals surface area contributed by atoms with Gasteiger partial charge in [-0.05, 0) is 31.6 Å². The molecule has 0 aromatic heterocycles. The Balaban J connectivity index is 1.78. The SMILES string of the molecule is CC(C(=O)NC1CC1)C1CCCCC1. The van der Waals surface area contributed by atoms with Gasteiger partial charge in [-0.2, -0.15) is 0 Å². The lowest BCUT2D eigenvalue weighted by Gasteiger charge is -2.26. The Hall–Kier alpha value is -0.530. The van der Waals surface area contributed by atoms with Gasteiger partial charge in [0.05, 0.1) is 0 Å². The molecule has 0 bridgehead atoms. The van der Waals surface area contributed by atoms with Crippen molar-refractivity contribution in [3.8, 4) is 0 Å². The zero-order chi connectivity index (χ0) is 9.97. The lowest BCUT2D eigenvalue weighted by molar-refractivity contribution is -0.126. The molecule has 14 heavy (non-hydrogen) atoms. The van der Waals surface area contributed by atoms with E-state index in [1.165, 1.54) is 44.9 Å². The molecule has 0 spiro atoms. The van der Waals surface area contributed by atoms with E-state index in [0.717, 1.165) is 0 Å². The zero-order valence-corrected chi connectivity index (χ0v) is 9.09. The molecule has 2 aliphatic rings. The normalized spacial score (nSPS) is 25.8. The molecule has 0 radical (unpaired) electrons. The maximum Gasteiger partial charge on any atom is 0.223 e. The number of carbonyl (C=O) groups excluding carboxylic acids is 1. The van der Waals surface area contributed by atoms with Gasteiger partial charge >= 0.3 is 0 Å². The molecule has 0 aromatic carbocycles.